The zero-order valence-corrected chi connectivity index (χ0v) is 14.6. The molecule has 5 heteroatoms. The number of imide groups is 1. The van der Waals surface area contributed by atoms with Crippen LogP contribution in [0.1, 0.15) is 17.5 Å². The zero-order valence-electron chi connectivity index (χ0n) is 13.0. The first-order valence-electron chi connectivity index (χ1n) is 7.42. The summed E-state index contributed by atoms with van der Waals surface area (Å²) in [5.41, 5.74) is 3.66. The number of hydrogen-bond acceptors (Lipinski definition) is 3. The number of carbonyl (C=O) groups is 2. The van der Waals surface area contributed by atoms with Crippen LogP contribution >= 0.6 is 15.9 Å². The van der Waals surface area contributed by atoms with Crippen molar-refractivity contribution in [2.24, 2.45) is 0 Å². The Hall–Kier alpha value is -2.14. The van der Waals surface area contributed by atoms with Crippen molar-refractivity contribution >= 4 is 39.1 Å². The van der Waals surface area contributed by atoms with E-state index in [4.69, 9.17) is 0 Å². The molecule has 0 radical (unpaired) electrons. The van der Waals surface area contributed by atoms with Crippen molar-refractivity contribution in [1.29, 1.82) is 0 Å². The molecule has 0 aliphatic carbocycles. The molecule has 23 heavy (non-hydrogen) atoms. The fourth-order valence-corrected chi connectivity index (χ4v) is 3.09. The van der Waals surface area contributed by atoms with Gasteiger partial charge in [-0.05, 0) is 49.2 Å². The highest BCUT2D eigenvalue weighted by Crippen LogP contribution is 2.28. The van der Waals surface area contributed by atoms with Gasteiger partial charge in [-0.1, -0.05) is 34.1 Å². The van der Waals surface area contributed by atoms with Crippen LogP contribution in [0.2, 0.25) is 0 Å². The highest BCUT2D eigenvalue weighted by Gasteiger charge is 2.39. The predicted molar refractivity (Wildman–Crippen MR) is 94.6 cm³/mol. The Morgan fingerprint density at radius 3 is 2.26 bits per heavy atom. The van der Waals surface area contributed by atoms with E-state index >= 15 is 0 Å². The lowest BCUT2D eigenvalue weighted by molar-refractivity contribution is -0.121. The quantitative estimate of drug-likeness (QED) is 0.833. The minimum atomic E-state index is -0.522. The molecule has 1 fully saturated rings. The van der Waals surface area contributed by atoms with Crippen molar-refractivity contribution in [2.75, 3.05) is 10.2 Å². The second-order valence-corrected chi connectivity index (χ2v) is 6.63. The molecular weight excluding hydrogens is 356 g/mol. The van der Waals surface area contributed by atoms with Crippen LogP contribution in [0.15, 0.2) is 46.9 Å². The highest BCUT2D eigenvalue weighted by molar-refractivity contribution is 9.10. The fraction of sp³-hybridized carbons (Fsp3) is 0.222. The van der Waals surface area contributed by atoms with Gasteiger partial charge in [0, 0.05) is 10.2 Å². The first kappa shape index (κ1) is 15.7. The highest BCUT2D eigenvalue weighted by atomic mass is 79.9. The third-order valence-corrected chi connectivity index (χ3v) is 4.56. The number of hydrogen-bond donors (Lipinski definition) is 1. The molecule has 1 heterocycles. The van der Waals surface area contributed by atoms with E-state index in [1.807, 2.05) is 44.2 Å². The maximum Gasteiger partial charge on any atom is 0.256 e. The minimum absolute atomic E-state index is 0.169. The van der Waals surface area contributed by atoms with Crippen molar-refractivity contribution in [3.05, 3.63) is 58.1 Å². The van der Waals surface area contributed by atoms with Crippen LogP contribution < -0.4 is 10.2 Å². The third-order valence-electron chi connectivity index (χ3n) is 4.03. The van der Waals surface area contributed by atoms with Crippen molar-refractivity contribution in [1.82, 2.24) is 0 Å². The maximum absolute atomic E-state index is 12.7. The summed E-state index contributed by atoms with van der Waals surface area (Å²) in [5.74, 6) is -0.388. The molecule has 2 aromatic carbocycles. The summed E-state index contributed by atoms with van der Waals surface area (Å²) in [6.45, 7) is 3.98. The number of rotatable bonds is 3. The smallest absolute Gasteiger partial charge is 0.256 e. The second kappa shape index (κ2) is 6.16. The Morgan fingerprint density at radius 2 is 1.65 bits per heavy atom. The largest absolute Gasteiger partial charge is 0.373 e. The summed E-state index contributed by atoms with van der Waals surface area (Å²) >= 11 is 3.36. The molecule has 0 aromatic heterocycles. The zero-order chi connectivity index (χ0) is 16.6. The van der Waals surface area contributed by atoms with E-state index in [0.717, 1.165) is 21.3 Å². The van der Waals surface area contributed by atoms with Gasteiger partial charge in [0.25, 0.3) is 5.91 Å². The molecule has 0 bridgehead atoms. The van der Waals surface area contributed by atoms with Crippen molar-refractivity contribution in [3.8, 4) is 0 Å². The number of para-hydroxylation sites is 1. The summed E-state index contributed by atoms with van der Waals surface area (Å²) < 4.78 is 0.908. The number of anilines is 2. The predicted octanol–water partition coefficient (Wildman–Crippen LogP) is 3.81. The number of nitrogens with zero attached hydrogens (tertiary/aromatic N) is 1. The monoisotopic (exact) mass is 372 g/mol. The molecule has 1 saturated heterocycles. The Morgan fingerprint density at radius 1 is 1.04 bits per heavy atom. The molecule has 3 rings (SSSR count). The number of benzene rings is 2. The number of aryl methyl sites for hydroxylation is 2. The van der Waals surface area contributed by atoms with Crippen LogP contribution in [-0.2, 0) is 9.59 Å². The molecule has 0 unspecified atom stereocenters. The van der Waals surface area contributed by atoms with Crippen LogP contribution in [-0.4, -0.2) is 17.9 Å². The first-order chi connectivity index (χ1) is 11.0. The lowest BCUT2D eigenvalue weighted by Gasteiger charge is -2.18. The van der Waals surface area contributed by atoms with E-state index in [2.05, 4.69) is 21.2 Å². The van der Waals surface area contributed by atoms with Crippen LogP contribution in [0, 0.1) is 13.8 Å². The van der Waals surface area contributed by atoms with E-state index in [1.165, 1.54) is 4.90 Å². The van der Waals surface area contributed by atoms with Gasteiger partial charge in [-0.25, -0.2) is 4.90 Å². The normalized spacial score (nSPS) is 17.7. The molecule has 0 spiro atoms. The van der Waals surface area contributed by atoms with Gasteiger partial charge < -0.3 is 5.32 Å². The van der Waals surface area contributed by atoms with Crippen LogP contribution in [0.5, 0.6) is 0 Å². The second-order valence-electron chi connectivity index (χ2n) is 5.71. The van der Waals surface area contributed by atoms with Crippen LogP contribution in [0.4, 0.5) is 11.4 Å². The van der Waals surface area contributed by atoms with E-state index < -0.39 is 6.04 Å². The average molecular weight is 373 g/mol. The topological polar surface area (TPSA) is 49.4 Å². The van der Waals surface area contributed by atoms with Crippen LogP contribution in [0.25, 0.3) is 0 Å². The van der Waals surface area contributed by atoms with Gasteiger partial charge in [0.15, 0.2) is 0 Å². The Bertz CT molecular complexity index is 751. The molecule has 118 valence electrons. The van der Waals surface area contributed by atoms with Gasteiger partial charge in [0.1, 0.15) is 6.04 Å². The third kappa shape index (κ3) is 3.01. The van der Waals surface area contributed by atoms with Crippen LogP contribution in [0.3, 0.4) is 0 Å². The molecular formula is C18H17BrN2O2. The van der Waals surface area contributed by atoms with Gasteiger partial charge in [0.05, 0.1) is 12.1 Å². The number of nitrogens with one attached hydrogen (secondary N) is 1. The Balaban J connectivity index is 1.85. The molecule has 1 N–H and O–H groups in total. The first-order valence-corrected chi connectivity index (χ1v) is 8.22. The summed E-state index contributed by atoms with van der Waals surface area (Å²) in [4.78, 5) is 26.2. The van der Waals surface area contributed by atoms with Crippen molar-refractivity contribution < 1.29 is 9.59 Å². The number of amides is 2. The van der Waals surface area contributed by atoms with E-state index in [0.29, 0.717) is 5.69 Å². The summed E-state index contributed by atoms with van der Waals surface area (Å²) in [7, 11) is 0. The summed E-state index contributed by atoms with van der Waals surface area (Å²) in [6.07, 6.45) is 0.169. The lowest BCUT2D eigenvalue weighted by atomic mass is 10.1. The number of carbonyl (C=O) groups excluding carboxylic acids is 2. The van der Waals surface area contributed by atoms with E-state index in [-0.39, 0.29) is 18.2 Å². The molecule has 2 amide bonds. The maximum atomic E-state index is 12.7. The molecule has 1 atom stereocenters. The molecule has 4 nitrogen and oxygen atoms in total. The molecule has 1 aliphatic rings. The SMILES string of the molecule is Cc1cccc(C)c1N[C@@H]1CC(=O)N(c2ccc(Br)cc2)C1=O. The average Bonchev–Trinajstić information content (AvgIpc) is 2.79. The van der Waals surface area contributed by atoms with Gasteiger partial charge in [0.2, 0.25) is 5.91 Å². The number of halogens is 1. The molecule has 1 aliphatic heterocycles. The standard InChI is InChI=1S/C18H17BrN2O2/c1-11-4-3-5-12(2)17(11)20-15-10-16(22)21(18(15)23)14-8-6-13(19)7-9-14/h3-9,15,20H,10H2,1-2H3/t15-/m1/s1. The Labute approximate surface area is 143 Å². The van der Waals surface area contributed by atoms with E-state index in [9.17, 15) is 9.59 Å². The summed E-state index contributed by atoms with van der Waals surface area (Å²) in [6, 6.07) is 12.6. The Kier molecular flexibility index (Phi) is 4.22. The van der Waals surface area contributed by atoms with Gasteiger partial charge in [-0.2, -0.15) is 0 Å². The molecule has 2 aromatic rings. The van der Waals surface area contributed by atoms with Crippen molar-refractivity contribution in [2.45, 2.75) is 26.3 Å². The van der Waals surface area contributed by atoms with Gasteiger partial charge in [-0.3, -0.25) is 9.59 Å². The fourth-order valence-electron chi connectivity index (χ4n) is 2.82. The minimum Gasteiger partial charge on any atom is -0.373 e. The van der Waals surface area contributed by atoms with Crippen molar-refractivity contribution in [3.63, 3.8) is 0 Å². The lowest BCUT2D eigenvalue weighted by Crippen LogP contribution is -2.35. The van der Waals surface area contributed by atoms with Gasteiger partial charge in [-0.15, -0.1) is 0 Å². The van der Waals surface area contributed by atoms with E-state index in [1.54, 1.807) is 12.1 Å². The summed E-state index contributed by atoms with van der Waals surface area (Å²) in [5, 5.41) is 3.25. The molecule has 0 saturated carbocycles. The van der Waals surface area contributed by atoms with Gasteiger partial charge >= 0.3 is 0 Å².